The Labute approximate surface area is 98.7 Å². The number of aryl methyl sites for hydroxylation is 1. The minimum absolute atomic E-state index is 0.595. The summed E-state index contributed by atoms with van der Waals surface area (Å²) in [7, 11) is 0. The number of hydrogen-bond acceptors (Lipinski definition) is 3. The van der Waals surface area contributed by atoms with E-state index < -0.39 is 0 Å². The molecule has 4 heteroatoms. The van der Waals surface area contributed by atoms with Gasteiger partial charge >= 0.3 is 0 Å². The lowest BCUT2D eigenvalue weighted by atomic mass is 10.1. The third kappa shape index (κ3) is 1.97. The molecule has 1 heterocycles. The smallest absolute Gasteiger partial charge is 0.246 e. The topological polar surface area (TPSA) is 53.6 Å². The van der Waals surface area contributed by atoms with Gasteiger partial charge in [-0.1, -0.05) is 30.3 Å². The largest absolute Gasteiger partial charge is 0.323 e. The maximum Gasteiger partial charge on any atom is 0.246 e. The number of nitrogens with zero attached hydrogens (tertiary/aromatic N) is 2. The van der Waals surface area contributed by atoms with Crippen LogP contribution in [0.5, 0.6) is 0 Å². The fourth-order valence-electron chi connectivity index (χ4n) is 1.79. The van der Waals surface area contributed by atoms with Gasteiger partial charge in [0.2, 0.25) is 5.95 Å². The zero-order valence-corrected chi connectivity index (χ0v) is 9.44. The Bertz CT molecular complexity index is 657. The molecule has 2 N–H and O–H groups in total. The zero-order chi connectivity index (χ0) is 11.7. The molecule has 84 valence electrons. The Morgan fingerprint density at radius 3 is 2.65 bits per heavy atom. The van der Waals surface area contributed by atoms with Crippen LogP contribution in [0.2, 0.25) is 0 Å². The van der Waals surface area contributed by atoms with E-state index >= 15 is 0 Å². The van der Waals surface area contributed by atoms with E-state index in [0.717, 1.165) is 11.5 Å². The van der Waals surface area contributed by atoms with Crippen molar-refractivity contribution in [1.82, 2.24) is 15.2 Å². The molecule has 0 atom stereocenters. The molecule has 4 nitrogen and oxygen atoms in total. The number of aromatic nitrogens is 3. The first-order valence-electron chi connectivity index (χ1n) is 5.46. The quantitative estimate of drug-likeness (QED) is 0.703. The summed E-state index contributed by atoms with van der Waals surface area (Å²) in [5.41, 5.74) is 0.989. The molecule has 3 rings (SSSR count). The molecule has 1 aromatic heterocycles. The van der Waals surface area contributed by atoms with Crippen LogP contribution in [-0.4, -0.2) is 15.2 Å². The van der Waals surface area contributed by atoms with Crippen molar-refractivity contribution < 1.29 is 0 Å². The van der Waals surface area contributed by atoms with Gasteiger partial charge in [0.05, 0.1) is 0 Å². The van der Waals surface area contributed by atoms with E-state index in [4.69, 9.17) is 0 Å². The van der Waals surface area contributed by atoms with Crippen molar-refractivity contribution >= 4 is 22.4 Å². The van der Waals surface area contributed by atoms with E-state index in [1.165, 1.54) is 10.8 Å². The van der Waals surface area contributed by atoms with Crippen molar-refractivity contribution in [3.05, 3.63) is 48.3 Å². The molecule has 3 aromatic rings. The van der Waals surface area contributed by atoms with Gasteiger partial charge in [-0.25, -0.2) is 0 Å². The van der Waals surface area contributed by atoms with Gasteiger partial charge in [-0.3, -0.25) is 5.10 Å². The van der Waals surface area contributed by atoms with Crippen LogP contribution in [0.25, 0.3) is 10.8 Å². The maximum atomic E-state index is 4.21. The Morgan fingerprint density at radius 2 is 1.88 bits per heavy atom. The maximum absolute atomic E-state index is 4.21. The van der Waals surface area contributed by atoms with Crippen molar-refractivity contribution in [3.8, 4) is 0 Å². The number of aromatic amines is 1. The van der Waals surface area contributed by atoms with Crippen LogP contribution < -0.4 is 5.32 Å². The zero-order valence-electron chi connectivity index (χ0n) is 9.44. The first-order valence-corrected chi connectivity index (χ1v) is 5.46. The molecular weight excluding hydrogens is 212 g/mol. The molecule has 0 radical (unpaired) electrons. The number of hydrogen-bond donors (Lipinski definition) is 2. The molecular formula is C13H12N4. The lowest BCUT2D eigenvalue weighted by Crippen LogP contribution is -1.92. The molecule has 0 aliphatic carbocycles. The van der Waals surface area contributed by atoms with E-state index in [2.05, 4.69) is 44.8 Å². The van der Waals surface area contributed by atoms with Gasteiger partial charge in [0.25, 0.3) is 0 Å². The molecule has 0 saturated heterocycles. The molecule has 0 aliphatic rings. The Hall–Kier alpha value is -2.36. The molecule has 0 unspecified atom stereocenters. The number of benzene rings is 2. The third-order valence-corrected chi connectivity index (χ3v) is 2.60. The van der Waals surface area contributed by atoms with Gasteiger partial charge in [0, 0.05) is 5.69 Å². The summed E-state index contributed by atoms with van der Waals surface area (Å²) < 4.78 is 0. The van der Waals surface area contributed by atoms with Gasteiger partial charge in [-0.15, -0.1) is 5.10 Å². The van der Waals surface area contributed by atoms with Gasteiger partial charge in [-0.05, 0) is 29.8 Å². The molecule has 17 heavy (non-hydrogen) atoms. The highest BCUT2D eigenvalue weighted by atomic mass is 15.3. The van der Waals surface area contributed by atoms with Gasteiger partial charge in [-0.2, -0.15) is 4.98 Å². The monoisotopic (exact) mass is 224 g/mol. The highest BCUT2D eigenvalue weighted by molar-refractivity contribution is 5.86. The SMILES string of the molecule is Cc1nc(Nc2ccc3ccccc3c2)n[nH]1. The van der Waals surface area contributed by atoms with Crippen molar-refractivity contribution in [1.29, 1.82) is 0 Å². The number of fused-ring (bicyclic) bond motifs is 1. The second kappa shape index (κ2) is 3.90. The van der Waals surface area contributed by atoms with E-state index in [1.54, 1.807) is 0 Å². The van der Waals surface area contributed by atoms with E-state index in [0.29, 0.717) is 5.95 Å². The van der Waals surface area contributed by atoms with Crippen LogP contribution in [0.1, 0.15) is 5.82 Å². The van der Waals surface area contributed by atoms with E-state index in [-0.39, 0.29) is 0 Å². The van der Waals surface area contributed by atoms with Crippen molar-refractivity contribution in [2.24, 2.45) is 0 Å². The fraction of sp³-hybridized carbons (Fsp3) is 0.0769. The van der Waals surface area contributed by atoms with E-state index in [1.807, 2.05) is 25.1 Å². The molecule has 0 aliphatic heterocycles. The second-order valence-electron chi connectivity index (χ2n) is 3.93. The molecule has 0 spiro atoms. The third-order valence-electron chi connectivity index (χ3n) is 2.60. The summed E-state index contributed by atoms with van der Waals surface area (Å²) in [6, 6.07) is 14.4. The minimum atomic E-state index is 0.595. The molecule has 0 bridgehead atoms. The molecule has 0 amide bonds. The summed E-state index contributed by atoms with van der Waals surface area (Å²) in [5.74, 6) is 1.39. The predicted octanol–water partition coefficient (Wildman–Crippen LogP) is 3.01. The van der Waals surface area contributed by atoms with Crippen molar-refractivity contribution in [2.45, 2.75) is 6.92 Å². The lowest BCUT2D eigenvalue weighted by molar-refractivity contribution is 1.04. The Kier molecular flexibility index (Phi) is 2.26. The van der Waals surface area contributed by atoms with Crippen LogP contribution in [0.4, 0.5) is 11.6 Å². The highest BCUT2D eigenvalue weighted by Crippen LogP contribution is 2.20. The number of anilines is 2. The lowest BCUT2D eigenvalue weighted by Gasteiger charge is -2.03. The van der Waals surface area contributed by atoms with Crippen LogP contribution in [0, 0.1) is 6.92 Å². The highest BCUT2D eigenvalue weighted by Gasteiger charge is 2.00. The van der Waals surface area contributed by atoms with Gasteiger partial charge in [0.1, 0.15) is 5.82 Å². The fourth-order valence-corrected chi connectivity index (χ4v) is 1.79. The number of nitrogens with one attached hydrogen (secondary N) is 2. The summed E-state index contributed by atoms with van der Waals surface area (Å²) in [6.07, 6.45) is 0. The number of H-pyrrole nitrogens is 1. The first-order chi connectivity index (χ1) is 8.31. The van der Waals surface area contributed by atoms with Crippen molar-refractivity contribution in [3.63, 3.8) is 0 Å². The summed E-state index contributed by atoms with van der Waals surface area (Å²) in [6.45, 7) is 1.87. The first kappa shape index (κ1) is 9.84. The number of rotatable bonds is 2. The van der Waals surface area contributed by atoms with Crippen LogP contribution in [0.3, 0.4) is 0 Å². The van der Waals surface area contributed by atoms with Gasteiger partial charge < -0.3 is 5.32 Å². The summed E-state index contributed by atoms with van der Waals surface area (Å²) in [4.78, 5) is 4.21. The minimum Gasteiger partial charge on any atom is -0.323 e. The van der Waals surface area contributed by atoms with Crippen LogP contribution in [0.15, 0.2) is 42.5 Å². The second-order valence-corrected chi connectivity index (χ2v) is 3.93. The average molecular weight is 224 g/mol. The molecule has 0 saturated carbocycles. The average Bonchev–Trinajstić information content (AvgIpc) is 2.75. The Morgan fingerprint density at radius 1 is 1.06 bits per heavy atom. The molecule has 2 aromatic carbocycles. The predicted molar refractivity (Wildman–Crippen MR) is 68.4 cm³/mol. The Balaban J connectivity index is 1.95. The van der Waals surface area contributed by atoms with Gasteiger partial charge in [0.15, 0.2) is 0 Å². The molecule has 0 fully saturated rings. The van der Waals surface area contributed by atoms with Crippen LogP contribution in [-0.2, 0) is 0 Å². The van der Waals surface area contributed by atoms with Crippen LogP contribution >= 0.6 is 0 Å². The summed E-state index contributed by atoms with van der Waals surface area (Å²) >= 11 is 0. The van der Waals surface area contributed by atoms with E-state index in [9.17, 15) is 0 Å². The summed E-state index contributed by atoms with van der Waals surface area (Å²) in [5, 5.41) is 12.4. The standard InChI is InChI=1S/C13H12N4/c1-9-14-13(17-16-9)15-12-7-6-10-4-2-3-5-11(10)8-12/h2-8H,1H3,(H2,14,15,16,17). The van der Waals surface area contributed by atoms with Crippen molar-refractivity contribution in [2.75, 3.05) is 5.32 Å². The normalized spacial score (nSPS) is 10.6.